The van der Waals surface area contributed by atoms with E-state index in [-0.39, 0.29) is 11.9 Å². The van der Waals surface area contributed by atoms with Gasteiger partial charge in [0.1, 0.15) is 5.69 Å². The molecule has 0 aliphatic rings. The zero-order chi connectivity index (χ0) is 19.1. The van der Waals surface area contributed by atoms with Gasteiger partial charge in [0.15, 0.2) is 0 Å². The van der Waals surface area contributed by atoms with Crippen molar-refractivity contribution < 1.29 is 14.3 Å². The van der Waals surface area contributed by atoms with Crippen molar-refractivity contribution in [1.29, 1.82) is 0 Å². The van der Waals surface area contributed by atoms with E-state index in [1.54, 1.807) is 55.0 Å². The van der Waals surface area contributed by atoms with Crippen molar-refractivity contribution in [2.24, 2.45) is 0 Å². The minimum absolute atomic E-state index is 0.249. The molecule has 0 radical (unpaired) electrons. The Morgan fingerprint density at radius 1 is 0.963 bits per heavy atom. The van der Waals surface area contributed by atoms with Gasteiger partial charge in [0.25, 0.3) is 5.91 Å². The molecule has 3 aromatic rings. The number of hydrogen-bond donors (Lipinski definition) is 2. The van der Waals surface area contributed by atoms with Crippen LogP contribution in [0.2, 0.25) is 0 Å². The second-order valence-electron chi connectivity index (χ2n) is 5.66. The number of carbonyl (C=O) groups is 2. The number of pyridine rings is 2. The molecule has 0 atom stereocenters. The Kier molecular flexibility index (Phi) is 5.73. The number of nitrogens with one attached hydrogen (secondary N) is 2. The molecule has 0 fully saturated rings. The van der Waals surface area contributed by atoms with Gasteiger partial charge in [-0.1, -0.05) is 0 Å². The van der Waals surface area contributed by atoms with Gasteiger partial charge in [-0.25, -0.2) is 9.78 Å². The number of esters is 1. The summed E-state index contributed by atoms with van der Waals surface area (Å²) in [7, 11) is 1.34. The third-order valence-corrected chi connectivity index (χ3v) is 3.79. The number of ether oxygens (including phenoxy) is 1. The predicted molar refractivity (Wildman–Crippen MR) is 101 cm³/mol. The molecule has 3 rings (SSSR count). The smallest absolute Gasteiger partial charge is 0.337 e. The second-order valence-corrected chi connectivity index (χ2v) is 5.66. The molecule has 2 heterocycles. The Labute approximate surface area is 156 Å². The van der Waals surface area contributed by atoms with Crippen LogP contribution in [0.25, 0.3) is 0 Å². The lowest BCUT2D eigenvalue weighted by Gasteiger charge is -2.08. The van der Waals surface area contributed by atoms with Crippen LogP contribution in [0.1, 0.15) is 26.4 Å². The largest absolute Gasteiger partial charge is 0.465 e. The molecule has 2 N–H and O–H groups in total. The molecule has 0 saturated heterocycles. The van der Waals surface area contributed by atoms with Gasteiger partial charge in [0, 0.05) is 24.6 Å². The summed E-state index contributed by atoms with van der Waals surface area (Å²) in [5.74, 6) is -0.633. The molecule has 0 aliphatic carbocycles. The van der Waals surface area contributed by atoms with Gasteiger partial charge in [0.05, 0.1) is 24.6 Å². The number of methoxy groups -OCH3 is 1. The number of aromatic nitrogens is 2. The highest BCUT2D eigenvalue weighted by atomic mass is 16.5. The van der Waals surface area contributed by atoms with Gasteiger partial charge >= 0.3 is 5.97 Å². The van der Waals surface area contributed by atoms with E-state index in [1.807, 2.05) is 12.1 Å². The summed E-state index contributed by atoms with van der Waals surface area (Å²) in [5, 5.41) is 5.97. The number of nitrogens with zero attached hydrogens (tertiary/aromatic N) is 2. The van der Waals surface area contributed by atoms with Crippen LogP contribution < -0.4 is 10.6 Å². The molecule has 136 valence electrons. The van der Waals surface area contributed by atoms with Crippen LogP contribution in [0.15, 0.2) is 67.1 Å². The first-order valence-corrected chi connectivity index (χ1v) is 8.24. The Morgan fingerprint density at radius 2 is 1.67 bits per heavy atom. The van der Waals surface area contributed by atoms with Gasteiger partial charge in [-0.2, -0.15) is 0 Å². The van der Waals surface area contributed by atoms with Crippen LogP contribution in [0.3, 0.4) is 0 Å². The average molecular weight is 362 g/mol. The van der Waals surface area contributed by atoms with Crippen LogP contribution >= 0.6 is 0 Å². The van der Waals surface area contributed by atoms with Gasteiger partial charge in [-0.05, 0) is 54.1 Å². The van der Waals surface area contributed by atoms with E-state index in [0.29, 0.717) is 17.8 Å². The van der Waals surface area contributed by atoms with Gasteiger partial charge < -0.3 is 15.4 Å². The van der Waals surface area contributed by atoms with E-state index in [1.165, 1.54) is 7.11 Å². The van der Waals surface area contributed by atoms with E-state index in [0.717, 1.165) is 16.9 Å². The van der Waals surface area contributed by atoms with E-state index >= 15 is 0 Å². The molecule has 0 saturated carbocycles. The van der Waals surface area contributed by atoms with E-state index in [9.17, 15) is 9.59 Å². The molecule has 1 aromatic carbocycles. The van der Waals surface area contributed by atoms with E-state index < -0.39 is 0 Å². The lowest BCUT2D eigenvalue weighted by Crippen LogP contribution is -2.23. The highest BCUT2D eigenvalue weighted by molar-refractivity contribution is 5.92. The van der Waals surface area contributed by atoms with Crippen LogP contribution in [-0.2, 0) is 11.3 Å². The second kappa shape index (κ2) is 8.57. The maximum absolute atomic E-state index is 12.2. The lowest BCUT2D eigenvalue weighted by molar-refractivity contribution is 0.0600. The summed E-state index contributed by atoms with van der Waals surface area (Å²) < 4.78 is 4.67. The maximum Gasteiger partial charge on any atom is 0.337 e. The molecular formula is C20H18N4O3. The summed E-state index contributed by atoms with van der Waals surface area (Å²) in [6.45, 7) is 0.412. The minimum Gasteiger partial charge on any atom is -0.465 e. The molecule has 0 spiro atoms. The zero-order valence-corrected chi connectivity index (χ0v) is 14.7. The highest BCUT2D eigenvalue weighted by Crippen LogP contribution is 2.17. The fourth-order valence-corrected chi connectivity index (χ4v) is 2.35. The Balaban J connectivity index is 1.58. The van der Waals surface area contributed by atoms with E-state index in [2.05, 4.69) is 25.3 Å². The lowest BCUT2D eigenvalue weighted by atomic mass is 10.2. The fourth-order valence-electron chi connectivity index (χ4n) is 2.35. The minimum atomic E-state index is -0.384. The van der Waals surface area contributed by atoms with E-state index in [4.69, 9.17) is 0 Å². The van der Waals surface area contributed by atoms with Crippen molar-refractivity contribution in [1.82, 2.24) is 15.3 Å². The van der Waals surface area contributed by atoms with Crippen molar-refractivity contribution in [3.63, 3.8) is 0 Å². The topological polar surface area (TPSA) is 93.2 Å². The fraction of sp³-hybridized carbons (Fsp3) is 0.100. The first-order valence-electron chi connectivity index (χ1n) is 8.24. The average Bonchev–Trinajstić information content (AvgIpc) is 2.73. The number of carbonyl (C=O) groups excluding carboxylic acids is 2. The number of benzene rings is 1. The van der Waals surface area contributed by atoms with Gasteiger partial charge in [-0.3, -0.25) is 9.78 Å². The maximum atomic E-state index is 12.2. The first kappa shape index (κ1) is 18.1. The van der Waals surface area contributed by atoms with Crippen molar-refractivity contribution >= 4 is 23.3 Å². The van der Waals surface area contributed by atoms with Crippen molar-refractivity contribution in [2.45, 2.75) is 6.54 Å². The molecular weight excluding hydrogens is 344 g/mol. The molecule has 0 unspecified atom stereocenters. The Morgan fingerprint density at radius 3 is 2.30 bits per heavy atom. The first-order chi connectivity index (χ1) is 13.2. The van der Waals surface area contributed by atoms with Crippen LogP contribution in [0.5, 0.6) is 0 Å². The number of hydrogen-bond acceptors (Lipinski definition) is 6. The van der Waals surface area contributed by atoms with Crippen LogP contribution in [0.4, 0.5) is 11.4 Å². The SMILES string of the molecule is COC(=O)c1ccc(Nc2ccc(C(=O)NCc3ccncc3)nc2)cc1. The summed E-state index contributed by atoms with van der Waals surface area (Å²) >= 11 is 0. The van der Waals surface area contributed by atoms with Gasteiger partial charge in [0.2, 0.25) is 0 Å². The quantitative estimate of drug-likeness (QED) is 0.655. The van der Waals surface area contributed by atoms with Crippen molar-refractivity contribution in [3.05, 3.63) is 83.9 Å². The Hall–Kier alpha value is -3.74. The zero-order valence-electron chi connectivity index (χ0n) is 14.7. The summed E-state index contributed by atoms with van der Waals surface area (Å²) in [6, 6.07) is 14.0. The predicted octanol–water partition coefficient (Wildman–Crippen LogP) is 2.94. The van der Waals surface area contributed by atoms with Crippen LogP contribution in [0, 0.1) is 0 Å². The third kappa shape index (κ3) is 4.88. The van der Waals surface area contributed by atoms with Crippen LogP contribution in [-0.4, -0.2) is 29.0 Å². The molecule has 1 amide bonds. The number of rotatable bonds is 6. The summed E-state index contributed by atoms with van der Waals surface area (Å²) in [4.78, 5) is 31.7. The highest BCUT2D eigenvalue weighted by Gasteiger charge is 2.08. The summed E-state index contributed by atoms with van der Waals surface area (Å²) in [5.41, 5.74) is 3.29. The molecule has 2 aromatic heterocycles. The summed E-state index contributed by atoms with van der Waals surface area (Å²) in [6.07, 6.45) is 4.94. The molecule has 0 bridgehead atoms. The molecule has 7 heteroatoms. The number of anilines is 2. The molecule has 7 nitrogen and oxygen atoms in total. The Bertz CT molecular complexity index is 910. The number of amides is 1. The van der Waals surface area contributed by atoms with Gasteiger partial charge in [-0.15, -0.1) is 0 Å². The molecule has 0 aliphatic heterocycles. The van der Waals surface area contributed by atoms with Crippen molar-refractivity contribution in [3.8, 4) is 0 Å². The normalized spacial score (nSPS) is 10.1. The monoisotopic (exact) mass is 362 g/mol. The molecule has 27 heavy (non-hydrogen) atoms. The third-order valence-electron chi connectivity index (χ3n) is 3.79. The standard InChI is InChI=1S/C20H18N4O3/c1-27-20(26)15-2-4-16(5-3-15)24-17-6-7-18(22-13-17)19(25)23-12-14-8-10-21-11-9-14/h2-11,13,24H,12H2,1H3,(H,23,25). The van der Waals surface area contributed by atoms with Crippen molar-refractivity contribution in [2.75, 3.05) is 12.4 Å².